The number of para-hydroxylation sites is 1. The zero-order valence-electron chi connectivity index (χ0n) is 18.2. The van der Waals surface area contributed by atoms with E-state index in [2.05, 4.69) is 88.7 Å². The first kappa shape index (κ1) is 19.4. The Morgan fingerprint density at radius 2 is 1.50 bits per heavy atom. The lowest BCUT2D eigenvalue weighted by Gasteiger charge is -2.31. The molecule has 1 aliphatic heterocycles. The van der Waals surface area contributed by atoms with Gasteiger partial charge in [-0.05, 0) is 36.0 Å². The molecule has 1 aliphatic carbocycles. The number of likely N-dealkylation sites (tertiary alicyclic amines) is 1. The molecular weight excluding hydrogens is 392 g/mol. The van der Waals surface area contributed by atoms with Gasteiger partial charge in [-0.1, -0.05) is 91.7 Å². The minimum absolute atomic E-state index is 0.0966. The highest BCUT2D eigenvalue weighted by Crippen LogP contribution is 2.52. The summed E-state index contributed by atoms with van der Waals surface area (Å²) in [5.74, 6) is 0.865. The van der Waals surface area contributed by atoms with Crippen LogP contribution in [0.15, 0.2) is 84.9 Å². The summed E-state index contributed by atoms with van der Waals surface area (Å²) in [5.41, 5.74) is 5.99. The molecule has 6 rings (SSSR count). The van der Waals surface area contributed by atoms with Crippen molar-refractivity contribution in [3.63, 3.8) is 0 Å². The van der Waals surface area contributed by atoms with Crippen LogP contribution in [0.1, 0.15) is 42.9 Å². The van der Waals surface area contributed by atoms with Gasteiger partial charge in [-0.15, -0.1) is 0 Å². The summed E-state index contributed by atoms with van der Waals surface area (Å²) in [6.07, 6.45) is 4.53. The molecule has 0 unspecified atom stereocenters. The smallest absolute Gasteiger partial charge is 0.226 e. The van der Waals surface area contributed by atoms with Gasteiger partial charge in [0.15, 0.2) is 0 Å². The highest BCUT2D eigenvalue weighted by molar-refractivity contribution is 5.93. The fraction of sp³-hybridized carbons (Fsp3) is 0.276. The molecule has 2 fully saturated rings. The minimum Gasteiger partial charge on any atom is -0.354 e. The Kier molecular flexibility index (Phi) is 4.83. The van der Waals surface area contributed by atoms with Crippen molar-refractivity contribution in [2.24, 2.45) is 11.8 Å². The van der Waals surface area contributed by atoms with E-state index in [1.54, 1.807) is 0 Å². The van der Waals surface area contributed by atoms with Crippen molar-refractivity contribution in [1.29, 1.82) is 0 Å². The van der Waals surface area contributed by atoms with Gasteiger partial charge in [0.1, 0.15) is 0 Å². The quantitative estimate of drug-likeness (QED) is 0.391. The molecular formula is C29H28N2O. The third-order valence-corrected chi connectivity index (χ3v) is 7.46. The molecule has 1 saturated carbocycles. The van der Waals surface area contributed by atoms with Crippen LogP contribution in [0, 0.1) is 11.8 Å². The SMILES string of the molecule is O=C1[C@H]2CCCC[C@H]2[C@@H](c2c(-c3ccccc3)[nH]c3ccccc23)N1Cc1ccccc1. The molecule has 32 heavy (non-hydrogen) atoms. The summed E-state index contributed by atoms with van der Waals surface area (Å²) < 4.78 is 0. The third kappa shape index (κ3) is 3.15. The predicted molar refractivity (Wildman–Crippen MR) is 129 cm³/mol. The monoisotopic (exact) mass is 420 g/mol. The number of carbonyl (C=O) groups is 1. The topological polar surface area (TPSA) is 36.1 Å². The Hall–Kier alpha value is -3.33. The van der Waals surface area contributed by atoms with E-state index in [1.807, 2.05) is 6.07 Å². The molecule has 4 aromatic rings. The molecule has 3 heteroatoms. The summed E-state index contributed by atoms with van der Waals surface area (Å²) in [7, 11) is 0. The second-order valence-electron chi connectivity index (χ2n) is 9.28. The van der Waals surface area contributed by atoms with Crippen LogP contribution >= 0.6 is 0 Å². The van der Waals surface area contributed by atoms with Gasteiger partial charge in [0.05, 0.1) is 11.7 Å². The van der Waals surface area contributed by atoms with Crippen LogP contribution in [-0.2, 0) is 11.3 Å². The first-order valence-electron chi connectivity index (χ1n) is 11.8. The average molecular weight is 421 g/mol. The first-order valence-corrected chi connectivity index (χ1v) is 11.8. The molecule has 3 atom stereocenters. The number of hydrogen-bond acceptors (Lipinski definition) is 1. The van der Waals surface area contributed by atoms with Crippen LogP contribution in [-0.4, -0.2) is 15.8 Å². The van der Waals surface area contributed by atoms with Gasteiger partial charge in [-0.2, -0.15) is 0 Å². The largest absolute Gasteiger partial charge is 0.354 e. The number of rotatable bonds is 4. The van der Waals surface area contributed by atoms with Crippen molar-refractivity contribution in [3.05, 3.63) is 96.1 Å². The van der Waals surface area contributed by atoms with Crippen molar-refractivity contribution in [2.75, 3.05) is 0 Å². The normalized spacial score (nSPS) is 22.9. The van der Waals surface area contributed by atoms with Crippen LogP contribution in [0.4, 0.5) is 0 Å². The van der Waals surface area contributed by atoms with E-state index in [0.717, 1.165) is 30.5 Å². The zero-order valence-corrected chi connectivity index (χ0v) is 18.2. The standard InChI is InChI=1S/C29H28N2O/c32-29-23-16-8-7-15-22(23)28(31(29)19-20-11-3-1-4-12-20)26-24-17-9-10-18-25(24)30-27(26)21-13-5-2-6-14-21/h1-6,9-14,17-18,22-23,28,30H,7-8,15-16,19H2/t22-,23+,28+/m1/s1. The number of nitrogens with zero attached hydrogens (tertiary/aromatic N) is 1. The molecule has 3 nitrogen and oxygen atoms in total. The number of aromatic nitrogens is 1. The van der Waals surface area contributed by atoms with Crippen LogP contribution in [0.25, 0.3) is 22.2 Å². The molecule has 160 valence electrons. The van der Waals surface area contributed by atoms with Crippen LogP contribution in [0.2, 0.25) is 0 Å². The minimum atomic E-state index is 0.0966. The lowest BCUT2D eigenvalue weighted by atomic mass is 9.76. The summed E-state index contributed by atoms with van der Waals surface area (Å²) in [6.45, 7) is 0.672. The van der Waals surface area contributed by atoms with Crippen molar-refractivity contribution in [3.8, 4) is 11.3 Å². The Labute approximate surface area is 189 Å². The maximum absolute atomic E-state index is 13.7. The molecule has 1 saturated heterocycles. The Morgan fingerprint density at radius 1 is 0.812 bits per heavy atom. The van der Waals surface area contributed by atoms with Gasteiger partial charge in [0, 0.05) is 28.9 Å². The van der Waals surface area contributed by atoms with E-state index in [-0.39, 0.29) is 12.0 Å². The van der Waals surface area contributed by atoms with Crippen molar-refractivity contribution >= 4 is 16.8 Å². The summed E-state index contributed by atoms with van der Waals surface area (Å²) in [5, 5.41) is 1.24. The van der Waals surface area contributed by atoms with Gasteiger partial charge in [0.2, 0.25) is 5.91 Å². The predicted octanol–water partition coefficient (Wildman–Crippen LogP) is 6.72. The second kappa shape index (κ2) is 7.98. The summed E-state index contributed by atoms with van der Waals surface area (Å²) >= 11 is 0. The highest BCUT2D eigenvalue weighted by atomic mass is 16.2. The van der Waals surface area contributed by atoms with E-state index in [9.17, 15) is 4.79 Å². The second-order valence-corrected chi connectivity index (χ2v) is 9.28. The summed E-state index contributed by atoms with van der Waals surface area (Å²) in [4.78, 5) is 19.7. The first-order chi connectivity index (χ1) is 15.8. The molecule has 2 heterocycles. The molecule has 1 N–H and O–H groups in total. The molecule has 2 aliphatic rings. The van der Waals surface area contributed by atoms with E-state index in [0.29, 0.717) is 18.4 Å². The molecule has 1 aromatic heterocycles. The van der Waals surface area contributed by atoms with Gasteiger partial charge in [-0.3, -0.25) is 4.79 Å². The number of hydrogen-bond donors (Lipinski definition) is 1. The van der Waals surface area contributed by atoms with Crippen molar-refractivity contribution < 1.29 is 4.79 Å². The number of nitrogens with one attached hydrogen (secondary N) is 1. The van der Waals surface area contributed by atoms with E-state index >= 15 is 0 Å². The number of amides is 1. The maximum atomic E-state index is 13.7. The Morgan fingerprint density at radius 3 is 2.31 bits per heavy atom. The molecule has 1 amide bonds. The van der Waals surface area contributed by atoms with Crippen molar-refractivity contribution in [2.45, 2.75) is 38.3 Å². The lowest BCUT2D eigenvalue weighted by Crippen LogP contribution is -2.29. The number of aromatic amines is 1. The van der Waals surface area contributed by atoms with E-state index in [4.69, 9.17) is 0 Å². The van der Waals surface area contributed by atoms with Crippen molar-refractivity contribution in [1.82, 2.24) is 9.88 Å². The van der Waals surface area contributed by atoms with Crippen LogP contribution in [0.3, 0.4) is 0 Å². The number of fused-ring (bicyclic) bond motifs is 2. The fourth-order valence-electron chi connectivity index (χ4n) is 6.05. The number of carbonyl (C=O) groups excluding carboxylic acids is 1. The van der Waals surface area contributed by atoms with Crippen LogP contribution in [0.5, 0.6) is 0 Å². The van der Waals surface area contributed by atoms with Gasteiger partial charge in [-0.25, -0.2) is 0 Å². The van der Waals surface area contributed by atoms with Gasteiger partial charge >= 0.3 is 0 Å². The lowest BCUT2D eigenvalue weighted by molar-refractivity contribution is -0.133. The Bertz CT molecular complexity index is 1240. The fourth-order valence-corrected chi connectivity index (χ4v) is 6.05. The average Bonchev–Trinajstić information content (AvgIpc) is 3.36. The molecule has 0 bridgehead atoms. The van der Waals surface area contributed by atoms with E-state index < -0.39 is 0 Å². The number of benzene rings is 3. The van der Waals surface area contributed by atoms with Gasteiger partial charge < -0.3 is 9.88 Å². The molecule has 3 aromatic carbocycles. The summed E-state index contributed by atoms with van der Waals surface area (Å²) in [6, 6.07) is 29.7. The molecule has 0 radical (unpaired) electrons. The highest BCUT2D eigenvalue weighted by Gasteiger charge is 2.50. The maximum Gasteiger partial charge on any atom is 0.226 e. The Balaban J connectivity index is 1.55. The van der Waals surface area contributed by atoms with E-state index in [1.165, 1.54) is 28.5 Å². The zero-order chi connectivity index (χ0) is 21.5. The van der Waals surface area contributed by atoms with Gasteiger partial charge in [0.25, 0.3) is 0 Å². The molecule has 0 spiro atoms. The van der Waals surface area contributed by atoms with Crippen LogP contribution < -0.4 is 0 Å². The third-order valence-electron chi connectivity index (χ3n) is 7.46. The number of H-pyrrole nitrogens is 1.